The van der Waals surface area contributed by atoms with Gasteiger partial charge >= 0.3 is 0 Å². The number of sulfonamides is 1. The highest BCUT2D eigenvalue weighted by molar-refractivity contribution is 7.89. The Hall–Kier alpha value is -1.42. The molecule has 20 heavy (non-hydrogen) atoms. The van der Waals surface area contributed by atoms with E-state index in [1.165, 1.54) is 16.4 Å². The van der Waals surface area contributed by atoms with Crippen molar-refractivity contribution in [3.8, 4) is 6.07 Å². The van der Waals surface area contributed by atoms with E-state index in [2.05, 4.69) is 0 Å². The summed E-state index contributed by atoms with van der Waals surface area (Å²) in [5.41, 5.74) is -0.137. The smallest absolute Gasteiger partial charge is 0.243 e. The van der Waals surface area contributed by atoms with Crippen molar-refractivity contribution < 1.29 is 13.5 Å². The molecule has 2 rings (SSSR count). The Morgan fingerprint density at radius 3 is 2.35 bits per heavy atom. The van der Waals surface area contributed by atoms with Gasteiger partial charge in [-0.05, 0) is 23.6 Å². The third-order valence-corrected chi connectivity index (χ3v) is 5.63. The molecule has 1 N–H and O–H groups in total. The summed E-state index contributed by atoms with van der Waals surface area (Å²) in [5.74, 6) is 0.0203. The lowest BCUT2D eigenvalue weighted by molar-refractivity contribution is -0.0932. The van der Waals surface area contributed by atoms with Crippen LogP contribution in [0, 0.1) is 17.2 Å². The normalized spacial score (nSPS) is 18.6. The minimum atomic E-state index is -3.55. The zero-order valence-corrected chi connectivity index (χ0v) is 12.4. The van der Waals surface area contributed by atoms with Crippen LogP contribution in [0.5, 0.6) is 0 Å². The van der Waals surface area contributed by atoms with Gasteiger partial charge in [-0.15, -0.1) is 0 Å². The van der Waals surface area contributed by atoms with E-state index in [0.29, 0.717) is 0 Å². The highest BCUT2D eigenvalue weighted by Crippen LogP contribution is 2.33. The van der Waals surface area contributed by atoms with Crippen LogP contribution in [0.1, 0.15) is 19.4 Å². The van der Waals surface area contributed by atoms with Crippen molar-refractivity contribution in [2.75, 3.05) is 13.1 Å². The second-order valence-electron chi connectivity index (χ2n) is 5.51. The first kappa shape index (κ1) is 15.0. The maximum Gasteiger partial charge on any atom is 0.243 e. The molecule has 0 spiro atoms. The average Bonchev–Trinajstić information content (AvgIpc) is 2.35. The number of nitrogens with zero attached hydrogens (tertiary/aromatic N) is 2. The summed E-state index contributed by atoms with van der Waals surface area (Å²) in [6.07, 6.45) is 0.261. The first-order valence-electron chi connectivity index (χ1n) is 6.48. The Bertz CT molecular complexity index is 623. The monoisotopic (exact) mass is 294 g/mol. The van der Waals surface area contributed by atoms with Crippen molar-refractivity contribution in [2.45, 2.75) is 30.8 Å². The van der Waals surface area contributed by atoms with E-state index in [4.69, 9.17) is 5.26 Å². The van der Waals surface area contributed by atoms with Crippen molar-refractivity contribution in [1.29, 1.82) is 5.26 Å². The molecule has 0 aromatic heterocycles. The van der Waals surface area contributed by atoms with Crippen molar-refractivity contribution in [3.63, 3.8) is 0 Å². The van der Waals surface area contributed by atoms with Gasteiger partial charge in [-0.3, -0.25) is 0 Å². The van der Waals surface area contributed by atoms with Crippen molar-refractivity contribution >= 4 is 10.0 Å². The van der Waals surface area contributed by atoms with Gasteiger partial charge in [0.25, 0.3) is 0 Å². The van der Waals surface area contributed by atoms with E-state index >= 15 is 0 Å². The molecule has 108 valence electrons. The molecule has 0 atom stereocenters. The number of benzene rings is 1. The summed E-state index contributed by atoms with van der Waals surface area (Å²) in [7, 11) is -3.55. The molecule has 1 heterocycles. The number of β-amino-alcohol motifs (C(OH)–C–C–N with tert-alkyl or cyclic N) is 1. The summed E-state index contributed by atoms with van der Waals surface area (Å²) in [6, 6.07) is 8.32. The molecule has 6 heteroatoms. The predicted molar refractivity (Wildman–Crippen MR) is 74.3 cm³/mol. The highest BCUT2D eigenvalue weighted by atomic mass is 32.2. The van der Waals surface area contributed by atoms with Crippen molar-refractivity contribution in [2.24, 2.45) is 5.92 Å². The Labute approximate surface area is 119 Å². The van der Waals surface area contributed by atoms with Crippen LogP contribution in [0.3, 0.4) is 0 Å². The minimum absolute atomic E-state index is 0.0203. The molecule has 0 radical (unpaired) electrons. The third kappa shape index (κ3) is 2.57. The van der Waals surface area contributed by atoms with Gasteiger partial charge in [-0.1, -0.05) is 26.0 Å². The van der Waals surface area contributed by atoms with Crippen LogP contribution in [0.4, 0.5) is 0 Å². The molecule has 1 fully saturated rings. The summed E-state index contributed by atoms with van der Waals surface area (Å²) in [6.45, 7) is 4.02. The van der Waals surface area contributed by atoms with Gasteiger partial charge in [-0.25, -0.2) is 8.42 Å². The van der Waals surface area contributed by atoms with Gasteiger partial charge in [0, 0.05) is 13.1 Å². The molecule has 1 aromatic rings. The SMILES string of the molecule is CC(C)C1(O)CN(S(=O)(=O)c2ccc(CC#N)cc2)C1. The van der Waals surface area contributed by atoms with E-state index in [0.717, 1.165) is 5.56 Å². The molecular formula is C14H18N2O3S. The molecule has 5 nitrogen and oxygen atoms in total. The van der Waals surface area contributed by atoms with Gasteiger partial charge in [0.1, 0.15) is 0 Å². The number of hydrogen-bond donors (Lipinski definition) is 1. The first-order valence-corrected chi connectivity index (χ1v) is 7.92. The number of rotatable bonds is 4. The third-order valence-electron chi connectivity index (χ3n) is 3.82. The lowest BCUT2D eigenvalue weighted by Gasteiger charge is -2.47. The van der Waals surface area contributed by atoms with Crippen LogP contribution >= 0.6 is 0 Å². The zero-order valence-electron chi connectivity index (χ0n) is 11.6. The molecule has 1 saturated heterocycles. The molecule has 1 aliphatic rings. The summed E-state index contributed by atoms with van der Waals surface area (Å²) < 4.78 is 26.0. The van der Waals surface area contributed by atoms with Crippen LogP contribution in [0.15, 0.2) is 29.2 Å². The Balaban J connectivity index is 2.15. The molecule has 0 saturated carbocycles. The molecule has 0 unspecified atom stereocenters. The molecule has 1 aromatic carbocycles. The predicted octanol–water partition coefficient (Wildman–Crippen LogP) is 1.14. The van der Waals surface area contributed by atoms with Gasteiger partial charge in [0.15, 0.2) is 0 Å². The lowest BCUT2D eigenvalue weighted by atomic mass is 9.85. The summed E-state index contributed by atoms with van der Waals surface area (Å²) in [4.78, 5) is 0.199. The van der Waals surface area contributed by atoms with Crippen LogP contribution in [-0.4, -0.2) is 36.5 Å². The lowest BCUT2D eigenvalue weighted by Crippen LogP contribution is -2.65. The van der Waals surface area contributed by atoms with Crippen molar-refractivity contribution in [3.05, 3.63) is 29.8 Å². The van der Waals surface area contributed by atoms with Gasteiger partial charge in [-0.2, -0.15) is 9.57 Å². The Morgan fingerprint density at radius 2 is 1.90 bits per heavy atom. The Kier molecular flexibility index (Phi) is 3.87. The topological polar surface area (TPSA) is 81.4 Å². The van der Waals surface area contributed by atoms with E-state index in [1.807, 2.05) is 19.9 Å². The minimum Gasteiger partial charge on any atom is -0.387 e. The summed E-state index contributed by atoms with van der Waals surface area (Å²) >= 11 is 0. The highest BCUT2D eigenvalue weighted by Gasteiger charge is 2.48. The van der Waals surface area contributed by atoms with E-state index in [9.17, 15) is 13.5 Å². The quantitative estimate of drug-likeness (QED) is 0.903. The molecular weight excluding hydrogens is 276 g/mol. The van der Waals surface area contributed by atoms with E-state index in [1.54, 1.807) is 12.1 Å². The second-order valence-corrected chi connectivity index (χ2v) is 7.45. The number of hydrogen-bond acceptors (Lipinski definition) is 4. The van der Waals surface area contributed by atoms with Crippen LogP contribution in [0.25, 0.3) is 0 Å². The maximum absolute atomic E-state index is 12.3. The maximum atomic E-state index is 12.3. The molecule has 1 aliphatic heterocycles. The van der Waals surface area contributed by atoms with E-state index in [-0.39, 0.29) is 30.3 Å². The largest absolute Gasteiger partial charge is 0.387 e. The van der Waals surface area contributed by atoms with E-state index < -0.39 is 15.6 Å². The zero-order chi connectivity index (χ0) is 15.0. The molecule has 0 amide bonds. The van der Waals surface area contributed by atoms with Gasteiger partial charge in [0.05, 0.1) is 23.0 Å². The van der Waals surface area contributed by atoms with Gasteiger partial charge < -0.3 is 5.11 Å². The van der Waals surface area contributed by atoms with Crippen molar-refractivity contribution in [1.82, 2.24) is 4.31 Å². The Morgan fingerprint density at radius 1 is 1.35 bits per heavy atom. The number of aliphatic hydroxyl groups is 1. The standard InChI is InChI=1S/C14H18N2O3S/c1-11(2)14(17)9-16(10-14)20(18,19)13-5-3-12(4-6-13)7-8-15/h3-6,11,17H,7,9-10H2,1-2H3. The number of nitriles is 1. The molecule has 0 aliphatic carbocycles. The average molecular weight is 294 g/mol. The van der Waals surface area contributed by atoms with Gasteiger partial charge in [0.2, 0.25) is 10.0 Å². The fourth-order valence-corrected chi connectivity index (χ4v) is 3.68. The first-order chi connectivity index (χ1) is 9.29. The van der Waals surface area contributed by atoms with Crippen LogP contribution in [-0.2, 0) is 16.4 Å². The van der Waals surface area contributed by atoms with Crippen LogP contribution in [0.2, 0.25) is 0 Å². The fraction of sp³-hybridized carbons (Fsp3) is 0.500. The fourth-order valence-electron chi connectivity index (χ4n) is 2.12. The summed E-state index contributed by atoms with van der Waals surface area (Å²) in [5, 5.41) is 18.7. The second kappa shape index (κ2) is 5.17. The molecule has 0 bridgehead atoms. The van der Waals surface area contributed by atoms with Crippen LogP contribution < -0.4 is 0 Å².